The zero-order chi connectivity index (χ0) is 15.7. The van der Waals surface area contributed by atoms with Crippen molar-refractivity contribution < 1.29 is 9.90 Å². The summed E-state index contributed by atoms with van der Waals surface area (Å²) >= 11 is 0. The van der Waals surface area contributed by atoms with Crippen LogP contribution in [-0.4, -0.2) is 22.5 Å². The number of hydrogen-bond acceptors (Lipinski definition) is 3. The lowest BCUT2D eigenvalue weighted by atomic mass is 9.92. The number of carbonyl (C=O) groups is 1. The first-order valence-corrected chi connectivity index (χ1v) is 7.28. The molecule has 0 fully saturated rings. The van der Waals surface area contributed by atoms with Crippen LogP contribution in [0.25, 0.3) is 21.2 Å². The predicted octanol–water partition coefficient (Wildman–Crippen LogP) is 4.03. The summed E-state index contributed by atoms with van der Waals surface area (Å²) in [6, 6.07) is 8.72. The Morgan fingerprint density at radius 1 is 1.36 bits per heavy atom. The summed E-state index contributed by atoms with van der Waals surface area (Å²) in [5.41, 5.74) is 10.4. The molecule has 3 rings (SSSR count). The maximum absolute atomic E-state index is 12.7. The van der Waals surface area contributed by atoms with Crippen molar-refractivity contribution in [1.82, 2.24) is 4.90 Å². The number of hydrogen-bond donors (Lipinski definition) is 1. The molecule has 1 unspecified atom stereocenters. The minimum Gasteiger partial charge on any atom is -0.369 e. The van der Waals surface area contributed by atoms with Gasteiger partial charge in [-0.2, -0.15) is 0 Å². The van der Waals surface area contributed by atoms with E-state index in [0.29, 0.717) is 34.1 Å². The first-order valence-electron chi connectivity index (χ1n) is 7.28. The highest BCUT2D eigenvalue weighted by molar-refractivity contribution is 6.12. The summed E-state index contributed by atoms with van der Waals surface area (Å²) in [5, 5.41) is 15.6. The molecule has 0 spiro atoms. The number of unbranched alkanes of at least 4 members (excludes halogenated alkanes) is 1. The van der Waals surface area contributed by atoms with Gasteiger partial charge < -0.3 is 10.0 Å². The van der Waals surface area contributed by atoms with Gasteiger partial charge in [0.2, 0.25) is 0 Å². The van der Waals surface area contributed by atoms with E-state index in [4.69, 9.17) is 5.53 Å². The Morgan fingerprint density at radius 2 is 2.18 bits per heavy atom. The molecule has 112 valence electrons. The van der Waals surface area contributed by atoms with Crippen molar-refractivity contribution in [2.45, 2.75) is 26.0 Å². The summed E-state index contributed by atoms with van der Waals surface area (Å²) in [6.07, 6.45) is 0.824. The van der Waals surface area contributed by atoms with E-state index in [9.17, 15) is 9.90 Å². The molecule has 0 radical (unpaired) electrons. The fourth-order valence-electron chi connectivity index (χ4n) is 2.93. The number of benzene rings is 2. The normalized spacial score (nSPS) is 16.7. The minimum atomic E-state index is -0.962. The van der Waals surface area contributed by atoms with Crippen LogP contribution < -0.4 is 0 Å². The van der Waals surface area contributed by atoms with E-state index < -0.39 is 6.23 Å². The molecule has 1 amide bonds. The summed E-state index contributed by atoms with van der Waals surface area (Å²) in [5.74, 6) is -0.183. The van der Waals surface area contributed by atoms with Gasteiger partial charge in [-0.15, -0.1) is 0 Å². The third-order valence-corrected chi connectivity index (χ3v) is 4.02. The molecule has 0 saturated carbocycles. The Kier molecular flexibility index (Phi) is 3.71. The second-order valence-corrected chi connectivity index (χ2v) is 5.32. The molecule has 0 saturated heterocycles. The third kappa shape index (κ3) is 2.09. The van der Waals surface area contributed by atoms with E-state index in [1.165, 1.54) is 4.90 Å². The first kappa shape index (κ1) is 14.4. The summed E-state index contributed by atoms with van der Waals surface area (Å²) in [7, 11) is 0. The van der Waals surface area contributed by atoms with Crippen LogP contribution >= 0.6 is 0 Å². The van der Waals surface area contributed by atoms with Crippen molar-refractivity contribution in [3.8, 4) is 0 Å². The van der Waals surface area contributed by atoms with Gasteiger partial charge in [0, 0.05) is 33.7 Å². The van der Waals surface area contributed by atoms with Crippen molar-refractivity contribution in [3.05, 3.63) is 51.9 Å². The number of carbonyl (C=O) groups excluding carboxylic acids is 1. The largest absolute Gasteiger partial charge is 0.369 e. The Balaban J connectivity index is 2.23. The van der Waals surface area contributed by atoms with Crippen LogP contribution in [0.5, 0.6) is 0 Å². The Morgan fingerprint density at radius 3 is 2.91 bits per heavy atom. The van der Waals surface area contributed by atoms with Crippen LogP contribution in [0.15, 0.2) is 35.4 Å². The van der Waals surface area contributed by atoms with E-state index in [-0.39, 0.29) is 5.91 Å². The second-order valence-electron chi connectivity index (χ2n) is 5.32. The Labute approximate surface area is 127 Å². The average Bonchev–Trinajstić information content (AvgIpc) is 2.53. The van der Waals surface area contributed by atoms with Crippen LogP contribution in [0.2, 0.25) is 0 Å². The van der Waals surface area contributed by atoms with E-state index in [0.717, 1.165) is 12.8 Å². The van der Waals surface area contributed by atoms with Crippen molar-refractivity contribution in [3.63, 3.8) is 0 Å². The fraction of sp³-hybridized carbons (Fsp3) is 0.312. The number of aliphatic hydroxyl groups is 1. The van der Waals surface area contributed by atoms with Gasteiger partial charge in [0.1, 0.15) is 0 Å². The standard InChI is InChI=1S/C16H16N4O2/c1-2-3-9-20-15(21)11-6-4-5-10-13(18-19-17)8-7-12(14(10)11)16(20)22/h4-8,16,22H,2-3,9H2,1H3. The number of amides is 1. The third-order valence-electron chi connectivity index (χ3n) is 4.02. The molecular weight excluding hydrogens is 280 g/mol. The molecule has 0 aliphatic carbocycles. The number of aliphatic hydroxyl groups excluding tert-OH is 1. The molecule has 0 aromatic heterocycles. The van der Waals surface area contributed by atoms with E-state index in [2.05, 4.69) is 10.0 Å². The van der Waals surface area contributed by atoms with Gasteiger partial charge in [0.15, 0.2) is 6.23 Å². The molecule has 1 aliphatic heterocycles. The molecule has 6 heteroatoms. The summed E-state index contributed by atoms with van der Waals surface area (Å²) < 4.78 is 0. The highest BCUT2D eigenvalue weighted by atomic mass is 16.3. The van der Waals surface area contributed by atoms with Gasteiger partial charge in [-0.25, -0.2) is 0 Å². The molecule has 1 atom stereocenters. The zero-order valence-corrected chi connectivity index (χ0v) is 12.2. The lowest BCUT2D eigenvalue weighted by molar-refractivity contribution is 0.00440. The lowest BCUT2D eigenvalue weighted by Gasteiger charge is -2.34. The fourth-order valence-corrected chi connectivity index (χ4v) is 2.93. The summed E-state index contributed by atoms with van der Waals surface area (Å²) in [4.78, 5) is 17.0. The van der Waals surface area contributed by atoms with E-state index in [1.807, 2.05) is 6.92 Å². The molecule has 2 aromatic carbocycles. The smallest absolute Gasteiger partial charge is 0.256 e. The van der Waals surface area contributed by atoms with E-state index in [1.54, 1.807) is 30.3 Å². The SMILES string of the molecule is CCCCN1C(=O)c2cccc3c(N=[N+]=[N-])ccc(c23)C1O. The van der Waals surface area contributed by atoms with Gasteiger partial charge in [-0.1, -0.05) is 42.7 Å². The molecular formula is C16H16N4O2. The van der Waals surface area contributed by atoms with Crippen LogP contribution in [0.4, 0.5) is 5.69 Å². The Bertz CT molecular complexity index is 796. The number of nitrogens with zero attached hydrogens (tertiary/aromatic N) is 4. The van der Waals surface area contributed by atoms with Gasteiger partial charge in [0.25, 0.3) is 5.91 Å². The maximum Gasteiger partial charge on any atom is 0.256 e. The first-order chi connectivity index (χ1) is 10.7. The highest BCUT2D eigenvalue weighted by Gasteiger charge is 2.32. The van der Waals surface area contributed by atoms with Gasteiger partial charge in [-0.3, -0.25) is 4.79 Å². The van der Waals surface area contributed by atoms with Gasteiger partial charge in [0.05, 0.1) is 0 Å². The molecule has 22 heavy (non-hydrogen) atoms. The number of rotatable bonds is 4. The lowest BCUT2D eigenvalue weighted by Crippen LogP contribution is -2.38. The predicted molar refractivity (Wildman–Crippen MR) is 83.7 cm³/mol. The average molecular weight is 296 g/mol. The van der Waals surface area contributed by atoms with Crippen molar-refractivity contribution in [2.24, 2.45) is 5.11 Å². The van der Waals surface area contributed by atoms with Crippen molar-refractivity contribution >= 4 is 22.4 Å². The maximum atomic E-state index is 12.7. The van der Waals surface area contributed by atoms with Gasteiger partial charge in [-0.05, 0) is 23.4 Å². The summed E-state index contributed by atoms with van der Waals surface area (Å²) in [6.45, 7) is 2.56. The van der Waals surface area contributed by atoms with E-state index >= 15 is 0 Å². The monoisotopic (exact) mass is 296 g/mol. The molecule has 1 N–H and O–H groups in total. The second kappa shape index (κ2) is 5.67. The highest BCUT2D eigenvalue weighted by Crippen LogP contribution is 2.39. The molecule has 2 aromatic rings. The quantitative estimate of drug-likeness (QED) is 0.524. The van der Waals surface area contributed by atoms with Gasteiger partial charge >= 0.3 is 0 Å². The van der Waals surface area contributed by atoms with Crippen LogP contribution in [0.1, 0.15) is 41.9 Å². The Hall–Kier alpha value is -2.56. The van der Waals surface area contributed by atoms with Crippen LogP contribution in [-0.2, 0) is 0 Å². The van der Waals surface area contributed by atoms with Crippen molar-refractivity contribution in [2.75, 3.05) is 6.54 Å². The topological polar surface area (TPSA) is 89.3 Å². The molecule has 1 heterocycles. The van der Waals surface area contributed by atoms with Crippen LogP contribution in [0.3, 0.4) is 0 Å². The van der Waals surface area contributed by atoms with Crippen molar-refractivity contribution in [1.29, 1.82) is 0 Å². The molecule has 0 bridgehead atoms. The van der Waals surface area contributed by atoms with Crippen LogP contribution in [0, 0.1) is 0 Å². The number of azide groups is 1. The molecule has 6 nitrogen and oxygen atoms in total. The molecule has 1 aliphatic rings. The zero-order valence-electron chi connectivity index (χ0n) is 12.2. The minimum absolute atomic E-state index is 0.183.